The number of rotatable bonds is 1. The Bertz CT molecular complexity index is 650. The molecule has 1 saturated heterocycles. The van der Waals surface area contributed by atoms with Gasteiger partial charge in [0.25, 0.3) is 0 Å². The smallest absolute Gasteiger partial charge is 0.410 e. The van der Waals surface area contributed by atoms with Gasteiger partial charge in [-0.25, -0.2) is 4.79 Å². The van der Waals surface area contributed by atoms with Gasteiger partial charge in [-0.15, -0.1) is 0 Å². The van der Waals surface area contributed by atoms with E-state index in [0.29, 0.717) is 5.41 Å². The molecule has 0 aromatic carbocycles. The molecule has 3 aliphatic rings. The summed E-state index contributed by atoms with van der Waals surface area (Å²) in [5.74, 6) is 0.723. The maximum Gasteiger partial charge on any atom is 0.410 e. The van der Waals surface area contributed by atoms with Crippen LogP contribution in [0, 0.1) is 5.41 Å². The molecule has 1 saturated carbocycles. The van der Waals surface area contributed by atoms with Crippen LogP contribution in [0.1, 0.15) is 69.3 Å². The molecule has 1 aromatic rings. The molecule has 2 aliphatic carbocycles. The highest BCUT2D eigenvalue weighted by Crippen LogP contribution is 2.46. The first-order valence-corrected chi connectivity index (χ1v) is 9.30. The molecular formula is C20H28N2O2. The predicted octanol–water partition coefficient (Wildman–Crippen LogP) is 4.07. The van der Waals surface area contributed by atoms with E-state index in [1.807, 2.05) is 25.7 Å². The lowest BCUT2D eigenvalue weighted by Gasteiger charge is -2.39. The maximum atomic E-state index is 12.3. The maximum absolute atomic E-state index is 12.3. The van der Waals surface area contributed by atoms with Crippen LogP contribution in [-0.2, 0) is 17.6 Å². The van der Waals surface area contributed by atoms with Gasteiger partial charge in [0.15, 0.2) is 0 Å². The number of piperidine rings is 1. The van der Waals surface area contributed by atoms with Crippen molar-refractivity contribution in [3.8, 4) is 0 Å². The highest BCUT2D eigenvalue weighted by molar-refractivity contribution is 5.68. The highest BCUT2D eigenvalue weighted by Gasteiger charge is 2.42. The molecule has 0 atom stereocenters. The van der Waals surface area contributed by atoms with Crippen molar-refractivity contribution in [1.82, 2.24) is 9.88 Å². The third-order valence-electron chi connectivity index (χ3n) is 5.67. The van der Waals surface area contributed by atoms with Crippen molar-refractivity contribution < 1.29 is 9.53 Å². The van der Waals surface area contributed by atoms with Gasteiger partial charge in [0.2, 0.25) is 0 Å². The normalized spacial score (nSPS) is 22.5. The molecule has 2 heterocycles. The van der Waals surface area contributed by atoms with E-state index in [1.165, 1.54) is 29.8 Å². The van der Waals surface area contributed by atoms with Crippen molar-refractivity contribution in [3.63, 3.8) is 0 Å². The fraction of sp³-hybridized carbons (Fsp3) is 0.700. The highest BCUT2D eigenvalue weighted by atomic mass is 16.6. The third kappa shape index (κ3) is 3.15. The second-order valence-corrected chi connectivity index (χ2v) is 8.94. The molecule has 4 nitrogen and oxygen atoms in total. The molecule has 130 valence electrons. The van der Waals surface area contributed by atoms with Gasteiger partial charge in [-0.2, -0.15) is 0 Å². The van der Waals surface area contributed by atoms with Crippen LogP contribution >= 0.6 is 0 Å². The number of fused-ring (bicyclic) bond motifs is 1. The first-order chi connectivity index (χ1) is 11.3. The minimum absolute atomic E-state index is 0.165. The Labute approximate surface area is 144 Å². The molecule has 0 radical (unpaired) electrons. The molecule has 1 aromatic heterocycles. The zero-order chi connectivity index (χ0) is 16.9. The van der Waals surface area contributed by atoms with Crippen LogP contribution in [0.15, 0.2) is 12.1 Å². The summed E-state index contributed by atoms with van der Waals surface area (Å²) in [5.41, 5.74) is 3.96. The monoisotopic (exact) mass is 328 g/mol. The van der Waals surface area contributed by atoms with Crippen molar-refractivity contribution >= 4 is 6.09 Å². The van der Waals surface area contributed by atoms with E-state index in [0.717, 1.165) is 44.7 Å². The zero-order valence-electron chi connectivity index (χ0n) is 15.1. The lowest BCUT2D eigenvalue weighted by atomic mass is 9.76. The topological polar surface area (TPSA) is 42.4 Å². The summed E-state index contributed by atoms with van der Waals surface area (Å²) in [6, 6.07) is 4.55. The Balaban J connectivity index is 1.40. The Morgan fingerprint density at radius 3 is 2.54 bits per heavy atom. The molecule has 0 unspecified atom stereocenters. The molecule has 2 fully saturated rings. The van der Waals surface area contributed by atoms with Crippen LogP contribution in [0.3, 0.4) is 0 Å². The summed E-state index contributed by atoms with van der Waals surface area (Å²) < 4.78 is 5.51. The van der Waals surface area contributed by atoms with Crippen molar-refractivity contribution in [1.29, 1.82) is 0 Å². The number of nitrogens with zero attached hydrogens (tertiary/aromatic N) is 2. The van der Waals surface area contributed by atoms with Crippen molar-refractivity contribution in [3.05, 3.63) is 29.1 Å². The van der Waals surface area contributed by atoms with Gasteiger partial charge in [-0.05, 0) is 76.3 Å². The zero-order valence-corrected chi connectivity index (χ0v) is 15.1. The van der Waals surface area contributed by atoms with Gasteiger partial charge in [-0.3, -0.25) is 4.98 Å². The Hall–Kier alpha value is -1.58. The number of hydrogen-bond donors (Lipinski definition) is 0. The average Bonchev–Trinajstić information content (AvgIpc) is 3.28. The number of pyridine rings is 1. The summed E-state index contributed by atoms with van der Waals surface area (Å²) in [6.07, 6.45) is 6.78. The van der Waals surface area contributed by atoms with Crippen LogP contribution in [0.25, 0.3) is 0 Å². The fourth-order valence-corrected chi connectivity index (χ4v) is 4.13. The van der Waals surface area contributed by atoms with Crippen LogP contribution in [0.2, 0.25) is 0 Å². The first kappa shape index (κ1) is 15.9. The van der Waals surface area contributed by atoms with Crippen LogP contribution < -0.4 is 0 Å². The van der Waals surface area contributed by atoms with Crippen LogP contribution in [0.5, 0.6) is 0 Å². The largest absolute Gasteiger partial charge is 0.444 e. The third-order valence-corrected chi connectivity index (χ3v) is 5.67. The van der Waals surface area contributed by atoms with Gasteiger partial charge in [0.05, 0.1) is 0 Å². The molecule has 4 heteroatoms. The number of aromatic nitrogens is 1. The Morgan fingerprint density at radius 1 is 1.21 bits per heavy atom. The molecule has 1 spiro atoms. The van der Waals surface area contributed by atoms with Gasteiger partial charge < -0.3 is 9.64 Å². The van der Waals surface area contributed by atoms with E-state index in [1.54, 1.807) is 0 Å². The minimum atomic E-state index is -0.418. The Kier molecular flexibility index (Phi) is 3.63. The fourth-order valence-electron chi connectivity index (χ4n) is 4.13. The second kappa shape index (κ2) is 5.47. The van der Waals surface area contributed by atoms with E-state index in [4.69, 9.17) is 9.72 Å². The van der Waals surface area contributed by atoms with Crippen LogP contribution in [-0.4, -0.2) is 34.7 Å². The standard InChI is InChI=1S/C20H28N2O2/c1-19(2,3)24-18(23)22-10-8-20(9-11-22)12-15-6-7-16(14-4-5-14)21-17(15)13-20/h6-7,14H,4-5,8-13H2,1-3H3. The predicted molar refractivity (Wildman–Crippen MR) is 93.1 cm³/mol. The molecule has 0 bridgehead atoms. The summed E-state index contributed by atoms with van der Waals surface area (Å²) in [7, 11) is 0. The van der Waals surface area contributed by atoms with E-state index in [-0.39, 0.29) is 6.09 Å². The summed E-state index contributed by atoms with van der Waals surface area (Å²) in [4.78, 5) is 19.1. The Morgan fingerprint density at radius 2 is 1.92 bits per heavy atom. The van der Waals surface area contributed by atoms with Gasteiger partial charge in [-0.1, -0.05) is 6.07 Å². The summed E-state index contributed by atoms with van der Waals surface area (Å²) >= 11 is 0. The number of carbonyl (C=O) groups excluding carboxylic acids is 1. The van der Waals surface area contributed by atoms with Gasteiger partial charge in [0.1, 0.15) is 5.60 Å². The van der Waals surface area contributed by atoms with E-state index < -0.39 is 5.60 Å². The van der Waals surface area contributed by atoms with E-state index in [2.05, 4.69) is 12.1 Å². The average molecular weight is 328 g/mol. The molecule has 1 amide bonds. The van der Waals surface area contributed by atoms with Crippen molar-refractivity contribution in [2.75, 3.05) is 13.1 Å². The van der Waals surface area contributed by atoms with Gasteiger partial charge in [0, 0.05) is 30.4 Å². The number of carbonyl (C=O) groups is 1. The molecule has 24 heavy (non-hydrogen) atoms. The van der Waals surface area contributed by atoms with Crippen molar-refractivity contribution in [2.45, 2.75) is 70.8 Å². The van der Waals surface area contributed by atoms with E-state index in [9.17, 15) is 4.79 Å². The number of hydrogen-bond acceptors (Lipinski definition) is 3. The van der Waals surface area contributed by atoms with Gasteiger partial charge >= 0.3 is 6.09 Å². The summed E-state index contributed by atoms with van der Waals surface area (Å²) in [6.45, 7) is 7.38. The molecular weight excluding hydrogens is 300 g/mol. The summed E-state index contributed by atoms with van der Waals surface area (Å²) in [5, 5.41) is 0. The molecule has 1 aliphatic heterocycles. The lowest BCUT2D eigenvalue weighted by Crippen LogP contribution is -2.45. The number of amides is 1. The first-order valence-electron chi connectivity index (χ1n) is 9.30. The van der Waals surface area contributed by atoms with Crippen LogP contribution in [0.4, 0.5) is 4.79 Å². The van der Waals surface area contributed by atoms with Crippen molar-refractivity contribution in [2.24, 2.45) is 5.41 Å². The lowest BCUT2D eigenvalue weighted by molar-refractivity contribution is 0.0110. The quantitative estimate of drug-likeness (QED) is 0.780. The minimum Gasteiger partial charge on any atom is -0.444 e. The number of likely N-dealkylation sites (tertiary alicyclic amines) is 1. The second-order valence-electron chi connectivity index (χ2n) is 8.94. The molecule has 0 N–H and O–H groups in total. The molecule has 4 rings (SSSR count). The van der Waals surface area contributed by atoms with E-state index >= 15 is 0 Å². The number of ether oxygens (including phenoxy) is 1. The SMILES string of the molecule is CC(C)(C)OC(=O)N1CCC2(CC1)Cc1ccc(C3CC3)nc1C2.